The molecule has 0 aliphatic heterocycles. The summed E-state index contributed by atoms with van der Waals surface area (Å²) in [4.78, 5) is 27.8. The lowest BCUT2D eigenvalue weighted by Gasteiger charge is -2.32. The lowest BCUT2D eigenvalue weighted by Crippen LogP contribution is -2.39. The summed E-state index contributed by atoms with van der Waals surface area (Å²) in [7, 11) is 0. The minimum Gasteiger partial charge on any atom is -0.335 e. The first-order chi connectivity index (χ1) is 16.0. The van der Waals surface area contributed by atoms with Crippen LogP contribution in [0.2, 0.25) is 5.02 Å². The molecule has 33 heavy (non-hydrogen) atoms. The molecule has 0 saturated heterocycles. The molecule has 0 radical (unpaired) electrons. The number of nitrogens with zero attached hydrogens (tertiary/aromatic N) is 3. The van der Waals surface area contributed by atoms with Gasteiger partial charge in [-0.1, -0.05) is 78.2 Å². The van der Waals surface area contributed by atoms with E-state index in [2.05, 4.69) is 15.5 Å². The Bertz CT molecular complexity index is 1100. The van der Waals surface area contributed by atoms with Gasteiger partial charge in [-0.05, 0) is 37.5 Å². The predicted molar refractivity (Wildman–Crippen MR) is 132 cm³/mol. The molecular weight excluding hydrogens is 456 g/mol. The van der Waals surface area contributed by atoms with Crippen LogP contribution in [0.15, 0.2) is 54.6 Å². The highest BCUT2D eigenvalue weighted by atomic mass is 35.5. The van der Waals surface area contributed by atoms with E-state index in [1.165, 1.54) is 11.3 Å². The molecule has 1 atom stereocenters. The van der Waals surface area contributed by atoms with E-state index < -0.39 is 0 Å². The summed E-state index contributed by atoms with van der Waals surface area (Å²) in [5, 5.41) is 12.8. The van der Waals surface area contributed by atoms with E-state index in [1.54, 1.807) is 6.07 Å². The molecule has 0 unspecified atom stereocenters. The summed E-state index contributed by atoms with van der Waals surface area (Å²) in [6.07, 6.45) is 4.24. The maximum Gasteiger partial charge on any atom is 0.227 e. The Morgan fingerprint density at radius 1 is 1.12 bits per heavy atom. The molecule has 1 heterocycles. The fraction of sp³-hybridized carbons (Fsp3) is 0.360. The number of carbonyl (C=O) groups is 2. The van der Waals surface area contributed by atoms with Gasteiger partial charge in [0.05, 0.1) is 6.04 Å². The molecule has 4 rings (SSSR count). The summed E-state index contributed by atoms with van der Waals surface area (Å²) >= 11 is 7.35. The van der Waals surface area contributed by atoms with Crippen LogP contribution in [0.25, 0.3) is 10.6 Å². The van der Waals surface area contributed by atoms with Crippen LogP contribution >= 0.6 is 22.9 Å². The highest BCUT2D eigenvalue weighted by Crippen LogP contribution is 2.31. The molecule has 3 aromatic rings. The van der Waals surface area contributed by atoms with Gasteiger partial charge in [0.2, 0.25) is 16.9 Å². The van der Waals surface area contributed by atoms with Crippen LogP contribution in [-0.4, -0.2) is 33.5 Å². The molecule has 2 amide bonds. The Morgan fingerprint density at radius 3 is 2.61 bits per heavy atom. The van der Waals surface area contributed by atoms with Gasteiger partial charge in [-0.25, -0.2) is 0 Å². The Morgan fingerprint density at radius 2 is 1.88 bits per heavy atom. The van der Waals surface area contributed by atoms with E-state index in [0.29, 0.717) is 21.7 Å². The Labute approximate surface area is 203 Å². The second-order valence-corrected chi connectivity index (χ2v) is 9.73. The second-order valence-electron chi connectivity index (χ2n) is 8.32. The summed E-state index contributed by atoms with van der Waals surface area (Å²) in [6, 6.07) is 17.2. The van der Waals surface area contributed by atoms with Crippen LogP contribution in [0.3, 0.4) is 0 Å². The number of benzene rings is 2. The third-order valence-electron chi connectivity index (χ3n) is 6.06. The zero-order chi connectivity index (χ0) is 23.2. The molecule has 8 heteroatoms. The number of amides is 2. The SMILES string of the molecule is C[C@H](c1ccccc1)N(CCC(=O)Nc1nnc(-c2cccc(Cl)c2)s1)C(=O)C1CCCC1. The zero-order valence-corrected chi connectivity index (χ0v) is 20.1. The van der Waals surface area contributed by atoms with E-state index in [9.17, 15) is 9.59 Å². The Hall–Kier alpha value is -2.77. The molecular formula is C25H27ClN4O2S. The third-order valence-corrected chi connectivity index (χ3v) is 7.18. The fourth-order valence-corrected chi connectivity index (χ4v) is 5.18. The van der Waals surface area contributed by atoms with Gasteiger partial charge < -0.3 is 10.2 Å². The monoisotopic (exact) mass is 482 g/mol. The number of carbonyl (C=O) groups excluding carboxylic acids is 2. The lowest BCUT2D eigenvalue weighted by atomic mass is 10.0. The Balaban J connectivity index is 1.40. The maximum atomic E-state index is 13.3. The molecule has 0 spiro atoms. The minimum atomic E-state index is -0.187. The van der Waals surface area contributed by atoms with Gasteiger partial charge in [-0.15, -0.1) is 10.2 Å². The number of aromatic nitrogens is 2. The van der Waals surface area contributed by atoms with E-state index >= 15 is 0 Å². The van der Waals surface area contributed by atoms with Gasteiger partial charge in [0, 0.05) is 29.5 Å². The van der Waals surface area contributed by atoms with Gasteiger partial charge in [-0.2, -0.15) is 0 Å². The average Bonchev–Trinajstić information content (AvgIpc) is 3.52. The number of rotatable bonds is 8. The van der Waals surface area contributed by atoms with Crippen molar-refractivity contribution in [1.82, 2.24) is 15.1 Å². The summed E-state index contributed by atoms with van der Waals surface area (Å²) in [5.41, 5.74) is 1.92. The van der Waals surface area contributed by atoms with Crippen molar-refractivity contribution in [2.75, 3.05) is 11.9 Å². The number of hydrogen-bond donors (Lipinski definition) is 1. The first kappa shape index (κ1) is 23.4. The molecule has 172 valence electrons. The number of halogens is 1. The van der Waals surface area contributed by atoms with Crippen molar-refractivity contribution in [3.63, 3.8) is 0 Å². The van der Waals surface area contributed by atoms with Crippen LogP contribution < -0.4 is 5.32 Å². The van der Waals surface area contributed by atoms with E-state index in [1.807, 2.05) is 60.4 Å². The van der Waals surface area contributed by atoms with Crippen LogP contribution in [0.5, 0.6) is 0 Å². The van der Waals surface area contributed by atoms with Crippen molar-refractivity contribution < 1.29 is 9.59 Å². The van der Waals surface area contributed by atoms with Crippen molar-refractivity contribution in [2.24, 2.45) is 5.92 Å². The third kappa shape index (κ3) is 5.97. The first-order valence-electron chi connectivity index (χ1n) is 11.3. The molecule has 1 aromatic heterocycles. The number of anilines is 1. The van der Waals surface area contributed by atoms with Gasteiger partial charge in [-0.3, -0.25) is 9.59 Å². The largest absolute Gasteiger partial charge is 0.335 e. The van der Waals surface area contributed by atoms with Gasteiger partial charge in [0.1, 0.15) is 5.01 Å². The second kappa shape index (κ2) is 10.9. The number of nitrogens with one attached hydrogen (secondary N) is 1. The van der Waals surface area contributed by atoms with Crippen molar-refractivity contribution in [2.45, 2.75) is 45.1 Å². The van der Waals surface area contributed by atoms with E-state index in [-0.39, 0.29) is 30.2 Å². The molecule has 1 aliphatic rings. The highest BCUT2D eigenvalue weighted by molar-refractivity contribution is 7.18. The summed E-state index contributed by atoms with van der Waals surface area (Å²) in [5.74, 6) is 0.0201. The normalized spacial score (nSPS) is 14.7. The smallest absolute Gasteiger partial charge is 0.227 e. The molecule has 1 N–H and O–H groups in total. The topological polar surface area (TPSA) is 75.2 Å². The quantitative estimate of drug-likeness (QED) is 0.429. The van der Waals surface area contributed by atoms with Crippen LogP contribution in [0, 0.1) is 5.92 Å². The zero-order valence-electron chi connectivity index (χ0n) is 18.5. The summed E-state index contributed by atoms with van der Waals surface area (Å²) in [6.45, 7) is 2.39. The molecule has 1 aliphatic carbocycles. The van der Waals surface area contributed by atoms with Gasteiger partial charge in [0.25, 0.3) is 0 Å². The Kier molecular flexibility index (Phi) is 7.73. The highest BCUT2D eigenvalue weighted by Gasteiger charge is 2.30. The molecule has 0 bridgehead atoms. The first-order valence-corrected chi connectivity index (χ1v) is 12.5. The lowest BCUT2D eigenvalue weighted by molar-refractivity contribution is -0.138. The van der Waals surface area contributed by atoms with Crippen molar-refractivity contribution >= 4 is 39.9 Å². The van der Waals surface area contributed by atoms with Crippen molar-refractivity contribution in [3.8, 4) is 10.6 Å². The molecule has 1 fully saturated rings. The molecule has 2 aromatic carbocycles. The van der Waals surface area contributed by atoms with Crippen LogP contribution in [0.4, 0.5) is 5.13 Å². The van der Waals surface area contributed by atoms with Crippen molar-refractivity contribution in [1.29, 1.82) is 0 Å². The van der Waals surface area contributed by atoms with E-state index in [4.69, 9.17) is 11.6 Å². The number of hydrogen-bond acceptors (Lipinski definition) is 5. The maximum absolute atomic E-state index is 13.3. The van der Waals surface area contributed by atoms with Crippen molar-refractivity contribution in [3.05, 3.63) is 65.2 Å². The minimum absolute atomic E-state index is 0.0580. The van der Waals surface area contributed by atoms with E-state index in [0.717, 1.165) is 36.8 Å². The molecule has 6 nitrogen and oxygen atoms in total. The predicted octanol–water partition coefficient (Wildman–Crippen LogP) is 5.97. The molecule has 1 saturated carbocycles. The average molecular weight is 483 g/mol. The standard InChI is InChI=1S/C25H27ClN4O2S/c1-17(18-8-3-2-4-9-18)30(24(32)19-10-5-6-11-19)15-14-22(31)27-25-29-28-23(33-25)20-12-7-13-21(26)16-20/h2-4,7-9,12-13,16-17,19H,5-6,10-11,14-15H2,1H3,(H,27,29,31)/t17-/m1/s1. The van der Waals surface area contributed by atoms with Crippen LogP contribution in [0.1, 0.15) is 50.6 Å². The van der Waals surface area contributed by atoms with Gasteiger partial charge >= 0.3 is 0 Å². The van der Waals surface area contributed by atoms with Gasteiger partial charge in [0.15, 0.2) is 0 Å². The fourth-order valence-electron chi connectivity index (χ4n) is 4.23. The summed E-state index contributed by atoms with van der Waals surface area (Å²) < 4.78 is 0. The van der Waals surface area contributed by atoms with Crippen LogP contribution in [-0.2, 0) is 9.59 Å².